The standard InChI is InChI=1S/C11H16BrN3/c1-2-11(3-4-11)7-15-10-8(12)5-14-6-9(10)13/h5-6H,2-4,7,13H2,1H3,(H,14,15). The lowest BCUT2D eigenvalue weighted by atomic mass is 10.0. The highest BCUT2D eigenvalue weighted by atomic mass is 79.9. The summed E-state index contributed by atoms with van der Waals surface area (Å²) in [4.78, 5) is 4.01. The number of halogens is 1. The summed E-state index contributed by atoms with van der Waals surface area (Å²) in [6.45, 7) is 3.26. The van der Waals surface area contributed by atoms with Crippen LogP contribution in [0.1, 0.15) is 26.2 Å². The summed E-state index contributed by atoms with van der Waals surface area (Å²) in [5, 5.41) is 3.42. The van der Waals surface area contributed by atoms with Gasteiger partial charge in [-0.1, -0.05) is 6.92 Å². The average molecular weight is 270 g/mol. The summed E-state index contributed by atoms with van der Waals surface area (Å²) >= 11 is 3.45. The molecule has 0 saturated heterocycles. The van der Waals surface area contributed by atoms with Gasteiger partial charge >= 0.3 is 0 Å². The highest BCUT2D eigenvalue weighted by Gasteiger charge is 2.40. The maximum Gasteiger partial charge on any atom is 0.0750 e. The van der Waals surface area contributed by atoms with Crippen LogP contribution >= 0.6 is 15.9 Å². The minimum Gasteiger partial charge on any atom is -0.396 e. The Hall–Kier alpha value is -0.770. The van der Waals surface area contributed by atoms with E-state index in [2.05, 4.69) is 33.2 Å². The predicted molar refractivity (Wildman–Crippen MR) is 66.8 cm³/mol. The van der Waals surface area contributed by atoms with E-state index in [4.69, 9.17) is 5.73 Å². The zero-order valence-corrected chi connectivity index (χ0v) is 10.5. The van der Waals surface area contributed by atoms with Crippen LogP contribution in [0.2, 0.25) is 0 Å². The molecule has 82 valence electrons. The lowest BCUT2D eigenvalue weighted by molar-refractivity contribution is 0.521. The van der Waals surface area contributed by atoms with Gasteiger partial charge in [-0.15, -0.1) is 0 Å². The maximum absolute atomic E-state index is 5.86. The molecule has 0 unspecified atom stereocenters. The van der Waals surface area contributed by atoms with Gasteiger partial charge in [0.1, 0.15) is 0 Å². The number of anilines is 2. The van der Waals surface area contributed by atoms with Crippen molar-refractivity contribution >= 4 is 27.3 Å². The van der Waals surface area contributed by atoms with E-state index in [1.54, 1.807) is 12.4 Å². The molecule has 15 heavy (non-hydrogen) atoms. The van der Waals surface area contributed by atoms with Crippen LogP contribution in [0.4, 0.5) is 11.4 Å². The van der Waals surface area contributed by atoms with Crippen molar-refractivity contribution in [2.75, 3.05) is 17.6 Å². The van der Waals surface area contributed by atoms with Crippen molar-refractivity contribution in [3.63, 3.8) is 0 Å². The molecule has 1 aliphatic rings. The molecule has 0 aromatic carbocycles. The van der Waals surface area contributed by atoms with Crippen LogP contribution in [0.25, 0.3) is 0 Å². The monoisotopic (exact) mass is 269 g/mol. The van der Waals surface area contributed by atoms with Crippen molar-refractivity contribution in [3.8, 4) is 0 Å². The number of rotatable bonds is 4. The van der Waals surface area contributed by atoms with Gasteiger partial charge in [0.2, 0.25) is 0 Å². The smallest absolute Gasteiger partial charge is 0.0750 e. The van der Waals surface area contributed by atoms with Crippen molar-refractivity contribution in [2.45, 2.75) is 26.2 Å². The van der Waals surface area contributed by atoms with Crippen LogP contribution in [0.15, 0.2) is 16.9 Å². The molecule has 0 aliphatic heterocycles. The Bertz CT molecular complexity index is 341. The van der Waals surface area contributed by atoms with Crippen molar-refractivity contribution in [3.05, 3.63) is 16.9 Å². The fourth-order valence-electron chi connectivity index (χ4n) is 1.74. The molecule has 0 bridgehead atoms. The van der Waals surface area contributed by atoms with Gasteiger partial charge in [0.05, 0.1) is 22.0 Å². The van der Waals surface area contributed by atoms with Gasteiger partial charge in [0, 0.05) is 12.7 Å². The Morgan fingerprint density at radius 1 is 1.53 bits per heavy atom. The van der Waals surface area contributed by atoms with Crippen LogP contribution in [0.3, 0.4) is 0 Å². The molecular weight excluding hydrogens is 254 g/mol. The molecule has 0 radical (unpaired) electrons. The number of nitrogens with two attached hydrogens (primary N) is 1. The van der Waals surface area contributed by atoms with E-state index in [0.29, 0.717) is 11.1 Å². The SMILES string of the molecule is CCC1(CNc2c(N)cncc2Br)CC1. The predicted octanol–water partition coefficient (Wildman–Crippen LogP) is 3.03. The Balaban J connectivity index is 2.05. The second-order valence-electron chi connectivity index (χ2n) is 4.29. The van der Waals surface area contributed by atoms with E-state index in [9.17, 15) is 0 Å². The Morgan fingerprint density at radius 2 is 2.27 bits per heavy atom. The lowest BCUT2D eigenvalue weighted by Gasteiger charge is -2.16. The van der Waals surface area contributed by atoms with Gasteiger partial charge in [-0.25, -0.2) is 0 Å². The van der Waals surface area contributed by atoms with Crippen LogP contribution in [0.5, 0.6) is 0 Å². The van der Waals surface area contributed by atoms with Gasteiger partial charge in [-0.3, -0.25) is 4.98 Å². The van der Waals surface area contributed by atoms with E-state index in [1.807, 2.05) is 0 Å². The van der Waals surface area contributed by atoms with Gasteiger partial charge in [-0.2, -0.15) is 0 Å². The summed E-state index contributed by atoms with van der Waals surface area (Å²) < 4.78 is 0.939. The summed E-state index contributed by atoms with van der Waals surface area (Å²) in [5.74, 6) is 0. The largest absolute Gasteiger partial charge is 0.396 e. The van der Waals surface area contributed by atoms with Crippen molar-refractivity contribution in [1.82, 2.24) is 4.98 Å². The Morgan fingerprint density at radius 3 is 2.80 bits per heavy atom. The summed E-state index contributed by atoms with van der Waals surface area (Å²) in [5.41, 5.74) is 8.06. The first-order chi connectivity index (χ1) is 7.17. The molecule has 1 fully saturated rings. The Kier molecular flexibility index (Phi) is 2.87. The second-order valence-corrected chi connectivity index (χ2v) is 5.15. The van der Waals surface area contributed by atoms with Crippen LogP contribution < -0.4 is 11.1 Å². The molecule has 3 nitrogen and oxygen atoms in total. The van der Waals surface area contributed by atoms with E-state index in [0.717, 1.165) is 16.7 Å². The zero-order valence-electron chi connectivity index (χ0n) is 8.89. The highest BCUT2D eigenvalue weighted by Crippen LogP contribution is 2.48. The first-order valence-electron chi connectivity index (χ1n) is 5.30. The highest BCUT2D eigenvalue weighted by molar-refractivity contribution is 9.10. The van der Waals surface area contributed by atoms with Crippen LogP contribution in [0, 0.1) is 5.41 Å². The molecule has 3 N–H and O–H groups in total. The van der Waals surface area contributed by atoms with E-state index in [-0.39, 0.29) is 0 Å². The minimum absolute atomic E-state index is 0.523. The quantitative estimate of drug-likeness (QED) is 0.884. The third-order valence-electron chi connectivity index (χ3n) is 3.28. The normalized spacial score (nSPS) is 17.5. The van der Waals surface area contributed by atoms with Crippen molar-refractivity contribution < 1.29 is 0 Å². The maximum atomic E-state index is 5.86. The molecular formula is C11H16BrN3. The molecule has 1 heterocycles. The van der Waals surface area contributed by atoms with Gasteiger partial charge in [-0.05, 0) is 40.6 Å². The van der Waals surface area contributed by atoms with Crippen molar-refractivity contribution in [2.24, 2.45) is 5.41 Å². The first-order valence-corrected chi connectivity index (χ1v) is 6.09. The van der Waals surface area contributed by atoms with E-state index < -0.39 is 0 Å². The molecule has 2 rings (SSSR count). The number of pyridine rings is 1. The summed E-state index contributed by atoms with van der Waals surface area (Å²) in [7, 11) is 0. The van der Waals surface area contributed by atoms with Gasteiger partial charge in [0.25, 0.3) is 0 Å². The molecule has 1 saturated carbocycles. The van der Waals surface area contributed by atoms with Crippen LogP contribution in [-0.2, 0) is 0 Å². The average Bonchev–Trinajstić information content (AvgIpc) is 2.98. The molecule has 0 spiro atoms. The van der Waals surface area contributed by atoms with E-state index >= 15 is 0 Å². The number of nitrogens with zero attached hydrogens (tertiary/aromatic N) is 1. The van der Waals surface area contributed by atoms with Gasteiger partial charge in [0.15, 0.2) is 0 Å². The molecule has 0 amide bonds. The summed E-state index contributed by atoms with van der Waals surface area (Å²) in [6.07, 6.45) is 7.35. The third kappa shape index (κ3) is 2.25. The lowest BCUT2D eigenvalue weighted by Crippen LogP contribution is -2.15. The molecule has 0 atom stereocenters. The topological polar surface area (TPSA) is 50.9 Å². The number of hydrogen-bond donors (Lipinski definition) is 2. The fourth-order valence-corrected chi connectivity index (χ4v) is 2.23. The number of nitrogens with one attached hydrogen (secondary N) is 1. The second kappa shape index (κ2) is 4.00. The zero-order chi connectivity index (χ0) is 10.9. The minimum atomic E-state index is 0.523. The number of aromatic nitrogens is 1. The summed E-state index contributed by atoms with van der Waals surface area (Å²) in [6, 6.07) is 0. The molecule has 1 aromatic heterocycles. The fraction of sp³-hybridized carbons (Fsp3) is 0.545. The van der Waals surface area contributed by atoms with Crippen molar-refractivity contribution in [1.29, 1.82) is 0 Å². The van der Waals surface area contributed by atoms with E-state index in [1.165, 1.54) is 19.3 Å². The number of hydrogen-bond acceptors (Lipinski definition) is 3. The van der Waals surface area contributed by atoms with Gasteiger partial charge < -0.3 is 11.1 Å². The first kappa shape index (κ1) is 10.7. The van der Waals surface area contributed by atoms with Crippen LogP contribution in [-0.4, -0.2) is 11.5 Å². The number of nitrogen functional groups attached to an aromatic ring is 1. The molecule has 1 aliphatic carbocycles. The Labute approximate surface area is 98.6 Å². The molecule has 1 aromatic rings. The molecule has 4 heteroatoms. The third-order valence-corrected chi connectivity index (χ3v) is 3.88.